The maximum Gasteiger partial charge on any atom is 0.422 e. The lowest BCUT2D eigenvalue weighted by Crippen LogP contribution is -2.15. The summed E-state index contributed by atoms with van der Waals surface area (Å²) < 4.78 is 105. The van der Waals surface area contributed by atoms with E-state index in [2.05, 4.69) is 0 Å². The molecule has 3 aromatic rings. The molecule has 3 aromatic carbocycles. The largest absolute Gasteiger partial charge is 0.493 e. The van der Waals surface area contributed by atoms with E-state index in [4.69, 9.17) is 9.47 Å². The molecule has 0 heterocycles. The molecule has 0 bridgehead atoms. The van der Waals surface area contributed by atoms with Crippen LogP contribution in [-0.2, 0) is 6.18 Å². The molecule has 34 heavy (non-hydrogen) atoms. The maximum atomic E-state index is 14.3. The van der Waals surface area contributed by atoms with Crippen LogP contribution >= 0.6 is 0 Å². The van der Waals surface area contributed by atoms with Crippen molar-refractivity contribution >= 4 is 12.2 Å². The van der Waals surface area contributed by atoms with Gasteiger partial charge in [0.2, 0.25) is 17.4 Å². The molecule has 0 amide bonds. The number of hydrogen-bond donors (Lipinski definition) is 0. The van der Waals surface area contributed by atoms with E-state index in [9.17, 15) is 30.7 Å². The Bertz CT molecular complexity index is 1230. The fraction of sp³-hybridized carbons (Fsp3) is 0.200. The first-order valence-electron chi connectivity index (χ1n) is 9.90. The van der Waals surface area contributed by atoms with Gasteiger partial charge < -0.3 is 9.47 Å². The summed E-state index contributed by atoms with van der Waals surface area (Å²) in [5, 5.41) is 0. The number of aryl methyl sites for hydroxylation is 2. The molecular formula is C25H19F7O2. The highest BCUT2D eigenvalue weighted by Crippen LogP contribution is 2.42. The predicted octanol–water partition coefficient (Wildman–Crippen LogP) is 8.16. The van der Waals surface area contributed by atoms with Crippen molar-refractivity contribution in [3.63, 3.8) is 0 Å². The van der Waals surface area contributed by atoms with Gasteiger partial charge in [-0.3, -0.25) is 0 Å². The lowest BCUT2D eigenvalue weighted by molar-refractivity contribution is -0.143. The van der Waals surface area contributed by atoms with E-state index in [0.29, 0.717) is 5.56 Å². The summed E-state index contributed by atoms with van der Waals surface area (Å²) in [6, 6.07) is 8.12. The Morgan fingerprint density at radius 2 is 1.24 bits per heavy atom. The van der Waals surface area contributed by atoms with Crippen LogP contribution in [0.15, 0.2) is 30.3 Å². The fourth-order valence-corrected chi connectivity index (χ4v) is 3.29. The lowest BCUT2D eigenvalue weighted by atomic mass is 10.00. The minimum atomic E-state index is -5.65. The van der Waals surface area contributed by atoms with Crippen molar-refractivity contribution in [3.05, 3.63) is 87.0 Å². The van der Waals surface area contributed by atoms with Gasteiger partial charge in [-0.25, -0.2) is 8.78 Å². The van der Waals surface area contributed by atoms with Crippen molar-refractivity contribution in [2.75, 3.05) is 7.11 Å². The van der Waals surface area contributed by atoms with Gasteiger partial charge in [0.15, 0.2) is 23.1 Å². The van der Waals surface area contributed by atoms with Crippen molar-refractivity contribution in [2.45, 2.75) is 26.9 Å². The lowest BCUT2D eigenvalue weighted by Gasteiger charge is -2.16. The number of benzene rings is 3. The van der Waals surface area contributed by atoms with Crippen molar-refractivity contribution in [2.24, 2.45) is 0 Å². The zero-order chi connectivity index (χ0) is 25.4. The van der Waals surface area contributed by atoms with Crippen LogP contribution in [-0.4, -0.2) is 7.11 Å². The van der Waals surface area contributed by atoms with Gasteiger partial charge in [-0.05, 0) is 60.7 Å². The van der Waals surface area contributed by atoms with E-state index in [-0.39, 0.29) is 11.5 Å². The molecule has 0 aliphatic rings. The van der Waals surface area contributed by atoms with Crippen molar-refractivity contribution in [3.8, 4) is 17.2 Å². The van der Waals surface area contributed by atoms with Gasteiger partial charge >= 0.3 is 6.18 Å². The molecule has 180 valence electrons. The molecule has 0 fully saturated rings. The minimum Gasteiger partial charge on any atom is -0.493 e. The molecule has 2 nitrogen and oxygen atoms in total. The SMILES string of the molecule is COc1ccc(/C=C\c2cc(C)c(C)c(C)c2)cc1Oc1c(F)c(F)c(C(F)(F)F)c(F)c1F. The Balaban J connectivity index is 2.03. The number of halogens is 7. The predicted molar refractivity (Wildman–Crippen MR) is 114 cm³/mol. The highest BCUT2D eigenvalue weighted by atomic mass is 19.4. The topological polar surface area (TPSA) is 18.5 Å². The van der Waals surface area contributed by atoms with Gasteiger partial charge in [0, 0.05) is 0 Å². The van der Waals surface area contributed by atoms with Gasteiger partial charge in [0.25, 0.3) is 0 Å². The Hall–Kier alpha value is -3.49. The molecule has 0 atom stereocenters. The number of ether oxygens (including phenoxy) is 2. The Morgan fingerprint density at radius 3 is 1.74 bits per heavy atom. The van der Waals surface area contributed by atoms with E-state index in [1.807, 2.05) is 32.9 Å². The molecule has 0 aliphatic carbocycles. The molecule has 0 aliphatic heterocycles. The van der Waals surface area contributed by atoms with Crippen molar-refractivity contribution < 1.29 is 40.2 Å². The Labute approximate surface area is 191 Å². The normalized spacial score (nSPS) is 11.9. The first-order valence-corrected chi connectivity index (χ1v) is 9.90. The molecule has 0 saturated carbocycles. The van der Waals surface area contributed by atoms with E-state index in [1.165, 1.54) is 19.2 Å². The van der Waals surface area contributed by atoms with Crippen LogP contribution in [0.1, 0.15) is 33.4 Å². The number of hydrogen-bond acceptors (Lipinski definition) is 2. The quantitative estimate of drug-likeness (QED) is 0.207. The summed E-state index contributed by atoms with van der Waals surface area (Å²) in [5.41, 5.74) is 1.97. The summed E-state index contributed by atoms with van der Waals surface area (Å²) in [5.74, 6) is -12.0. The average molecular weight is 484 g/mol. The Kier molecular flexibility index (Phi) is 6.95. The summed E-state index contributed by atoms with van der Waals surface area (Å²) in [6.45, 7) is 5.92. The molecular weight excluding hydrogens is 465 g/mol. The van der Waals surface area contributed by atoms with Crippen LogP contribution < -0.4 is 9.47 Å². The summed E-state index contributed by atoms with van der Waals surface area (Å²) in [4.78, 5) is 0. The number of alkyl halides is 3. The van der Waals surface area contributed by atoms with Crippen LogP contribution in [0.5, 0.6) is 17.2 Å². The van der Waals surface area contributed by atoms with Crippen LogP contribution in [0.3, 0.4) is 0 Å². The summed E-state index contributed by atoms with van der Waals surface area (Å²) >= 11 is 0. The molecule has 0 N–H and O–H groups in total. The fourth-order valence-electron chi connectivity index (χ4n) is 3.29. The third kappa shape index (κ3) is 4.88. The second kappa shape index (κ2) is 9.40. The minimum absolute atomic E-state index is 0.0707. The highest BCUT2D eigenvalue weighted by Gasteiger charge is 2.43. The molecule has 3 rings (SSSR count). The second-order valence-corrected chi connectivity index (χ2v) is 7.58. The van der Waals surface area contributed by atoms with Crippen LogP contribution in [0.25, 0.3) is 12.2 Å². The van der Waals surface area contributed by atoms with Gasteiger partial charge in [-0.15, -0.1) is 0 Å². The molecule has 0 radical (unpaired) electrons. The van der Waals surface area contributed by atoms with E-state index < -0.39 is 40.8 Å². The average Bonchev–Trinajstić information content (AvgIpc) is 2.76. The van der Waals surface area contributed by atoms with Gasteiger partial charge in [-0.1, -0.05) is 30.4 Å². The van der Waals surface area contributed by atoms with Gasteiger partial charge in [0.1, 0.15) is 5.56 Å². The smallest absolute Gasteiger partial charge is 0.422 e. The zero-order valence-electron chi connectivity index (χ0n) is 18.5. The highest BCUT2D eigenvalue weighted by molar-refractivity contribution is 5.72. The van der Waals surface area contributed by atoms with Crippen molar-refractivity contribution in [1.29, 1.82) is 0 Å². The number of methoxy groups -OCH3 is 1. The summed E-state index contributed by atoms with van der Waals surface area (Å²) in [6.07, 6.45) is -2.23. The maximum absolute atomic E-state index is 14.3. The van der Waals surface area contributed by atoms with E-state index in [1.54, 1.807) is 18.2 Å². The molecule has 9 heteroatoms. The summed E-state index contributed by atoms with van der Waals surface area (Å²) in [7, 11) is 1.20. The second-order valence-electron chi connectivity index (χ2n) is 7.58. The van der Waals surface area contributed by atoms with Crippen LogP contribution in [0.4, 0.5) is 30.7 Å². The van der Waals surface area contributed by atoms with Crippen LogP contribution in [0, 0.1) is 44.0 Å². The van der Waals surface area contributed by atoms with Gasteiger partial charge in [0.05, 0.1) is 7.11 Å². The first-order chi connectivity index (χ1) is 15.8. The van der Waals surface area contributed by atoms with Gasteiger partial charge in [-0.2, -0.15) is 22.0 Å². The van der Waals surface area contributed by atoms with Crippen LogP contribution in [0.2, 0.25) is 0 Å². The monoisotopic (exact) mass is 484 g/mol. The zero-order valence-corrected chi connectivity index (χ0v) is 18.5. The van der Waals surface area contributed by atoms with Crippen molar-refractivity contribution in [1.82, 2.24) is 0 Å². The molecule has 0 spiro atoms. The Morgan fingerprint density at radius 1 is 0.706 bits per heavy atom. The molecule has 0 saturated heterocycles. The number of rotatable bonds is 5. The standard InChI is InChI=1S/C25H19F7O2/c1-12-9-16(10-13(2)14(12)3)6-5-15-7-8-17(33-4)18(11-15)34-24-22(28)20(26)19(25(30,31)32)21(27)23(24)29/h5-11H,1-4H3/b6-5-. The van der Waals surface area contributed by atoms with E-state index in [0.717, 1.165) is 22.3 Å². The third-order valence-electron chi connectivity index (χ3n) is 5.32. The van der Waals surface area contributed by atoms with E-state index >= 15 is 0 Å². The third-order valence-corrected chi connectivity index (χ3v) is 5.32. The molecule has 0 aromatic heterocycles. The first kappa shape index (κ1) is 25.1. The molecule has 0 unspecified atom stereocenters.